The van der Waals surface area contributed by atoms with Crippen LogP contribution in [0.5, 0.6) is 0 Å². The van der Waals surface area contributed by atoms with Gasteiger partial charge in [-0.2, -0.15) is 0 Å². The summed E-state index contributed by atoms with van der Waals surface area (Å²) < 4.78 is 0. The van der Waals surface area contributed by atoms with Crippen LogP contribution in [0.15, 0.2) is 18.2 Å². The van der Waals surface area contributed by atoms with E-state index in [4.69, 9.17) is 23.2 Å². The average molecular weight is 218 g/mol. The second kappa shape index (κ2) is 5.10. The lowest BCUT2D eigenvalue weighted by atomic mass is 10.1. The van der Waals surface area contributed by atoms with Crippen LogP contribution in [0.1, 0.15) is 5.56 Å². The minimum absolute atomic E-state index is 0.549. The fourth-order valence-corrected chi connectivity index (χ4v) is 1.61. The molecule has 0 saturated carbocycles. The molecule has 0 aliphatic carbocycles. The third kappa shape index (κ3) is 2.90. The molecular formula is C9H9Cl2NO. The molecule has 1 N–H and O–H groups in total. The summed E-state index contributed by atoms with van der Waals surface area (Å²) in [5.74, 6) is 0. The molecule has 1 aromatic rings. The number of halogens is 2. The van der Waals surface area contributed by atoms with Crippen molar-refractivity contribution in [3.05, 3.63) is 33.8 Å². The van der Waals surface area contributed by atoms with Crippen LogP contribution in [0.4, 0.5) is 0 Å². The van der Waals surface area contributed by atoms with Crippen LogP contribution in [-0.2, 0) is 11.2 Å². The molecule has 0 aliphatic rings. The molecule has 1 aromatic carbocycles. The van der Waals surface area contributed by atoms with E-state index in [2.05, 4.69) is 5.32 Å². The van der Waals surface area contributed by atoms with Crippen molar-refractivity contribution < 1.29 is 4.79 Å². The van der Waals surface area contributed by atoms with E-state index in [9.17, 15) is 4.79 Å². The molecule has 2 nitrogen and oxygen atoms in total. The van der Waals surface area contributed by atoms with Gasteiger partial charge < -0.3 is 5.32 Å². The Bertz CT molecular complexity index is 281. The van der Waals surface area contributed by atoms with Crippen molar-refractivity contribution >= 4 is 29.6 Å². The van der Waals surface area contributed by atoms with Gasteiger partial charge >= 0.3 is 0 Å². The van der Waals surface area contributed by atoms with E-state index >= 15 is 0 Å². The Hall–Kier alpha value is -0.730. The third-order valence-electron chi connectivity index (χ3n) is 1.66. The van der Waals surface area contributed by atoms with Crippen LogP contribution < -0.4 is 5.32 Å². The summed E-state index contributed by atoms with van der Waals surface area (Å²) in [5, 5.41) is 3.83. The number of rotatable bonds is 4. The SMILES string of the molecule is O=CNCCc1c(Cl)cccc1Cl. The van der Waals surface area contributed by atoms with E-state index in [-0.39, 0.29) is 0 Å². The van der Waals surface area contributed by atoms with Gasteiger partial charge in [-0.1, -0.05) is 29.3 Å². The molecule has 0 heterocycles. The Kier molecular flexibility index (Phi) is 4.06. The predicted octanol–water partition coefficient (Wildman–Crippen LogP) is 2.28. The zero-order chi connectivity index (χ0) is 9.68. The van der Waals surface area contributed by atoms with Gasteiger partial charge in [0.05, 0.1) is 0 Å². The highest BCUT2D eigenvalue weighted by Gasteiger charge is 2.03. The first-order chi connectivity index (χ1) is 6.25. The van der Waals surface area contributed by atoms with Gasteiger partial charge in [0.25, 0.3) is 0 Å². The lowest BCUT2D eigenvalue weighted by molar-refractivity contribution is -0.109. The van der Waals surface area contributed by atoms with Gasteiger partial charge in [0.2, 0.25) is 6.41 Å². The Morgan fingerprint density at radius 3 is 2.46 bits per heavy atom. The smallest absolute Gasteiger partial charge is 0.207 e. The molecule has 0 unspecified atom stereocenters. The molecule has 0 fully saturated rings. The Labute approximate surface area is 86.8 Å². The molecule has 70 valence electrons. The van der Waals surface area contributed by atoms with Crippen molar-refractivity contribution in [1.82, 2.24) is 5.32 Å². The van der Waals surface area contributed by atoms with Crippen molar-refractivity contribution in [2.75, 3.05) is 6.54 Å². The quantitative estimate of drug-likeness (QED) is 0.609. The van der Waals surface area contributed by atoms with E-state index in [1.54, 1.807) is 18.2 Å². The number of hydrogen-bond donors (Lipinski definition) is 1. The molecule has 13 heavy (non-hydrogen) atoms. The van der Waals surface area contributed by atoms with Crippen molar-refractivity contribution in [1.29, 1.82) is 0 Å². The van der Waals surface area contributed by atoms with Crippen LogP contribution in [0.25, 0.3) is 0 Å². The maximum Gasteiger partial charge on any atom is 0.207 e. The Morgan fingerprint density at radius 1 is 1.31 bits per heavy atom. The van der Waals surface area contributed by atoms with Gasteiger partial charge in [-0.25, -0.2) is 0 Å². The maximum atomic E-state index is 9.99. The molecule has 0 aromatic heterocycles. The fraction of sp³-hybridized carbons (Fsp3) is 0.222. The van der Waals surface area contributed by atoms with Crippen LogP contribution in [0, 0.1) is 0 Å². The van der Waals surface area contributed by atoms with E-state index in [1.807, 2.05) is 0 Å². The molecular weight excluding hydrogens is 209 g/mol. The summed E-state index contributed by atoms with van der Waals surface area (Å²) in [6.45, 7) is 0.549. The van der Waals surface area contributed by atoms with Gasteiger partial charge in [-0.15, -0.1) is 0 Å². The van der Waals surface area contributed by atoms with E-state index in [0.29, 0.717) is 29.4 Å². The number of carbonyl (C=O) groups is 1. The summed E-state index contributed by atoms with van der Waals surface area (Å²) in [5.41, 5.74) is 0.875. The highest BCUT2D eigenvalue weighted by molar-refractivity contribution is 6.35. The zero-order valence-electron chi connectivity index (χ0n) is 6.89. The van der Waals surface area contributed by atoms with Gasteiger partial charge in [-0.3, -0.25) is 4.79 Å². The third-order valence-corrected chi connectivity index (χ3v) is 2.37. The number of carbonyl (C=O) groups excluding carboxylic acids is 1. The van der Waals surface area contributed by atoms with Crippen LogP contribution in [0.2, 0.25) is 10.0 Å². The number of amides is 1. The average Bonchev–Trinajstić information content (AvgIpc) is 2.10. The number of hydrogen-bond acceptors (Lipinski definition) is 1. The topological polar surface area (TPSA) is 29.1 Å². The first-order valence-corrected chi connectivity index (χ1v) is 4.61. The summed E-state index contributed by atoms with van der Waals surface area (Å²) in [7, 11) is 0. The Balaban J connectivity index is 2.69. The minimum Gasteiger partial charge on any atom is -0.358 e. The van der Waals surface area contributed by atoms with Crippen molar-refractivity contribution in [2.45, 2.75) is 6.42 Å². The largest absolute Gasteiger partial charge is 0.358 e. The predicted molar refractivity (Wildman–Crippen MR) is 54.2 cm³/mol. The van der Waals surface area contributed by atoms with Gasteiger partial charge in [-0.05, 0) is 24.1 Å². The zero-order valence-corrected chi connectivity index (χ0v) is 8.40. The lowest BCUT2D eigenvalue weighted by Crippen LogP contribution is -2.14. The Morgan fingerprint density at radius 2 is 1.92 bits per heavy atom. The molecule has 1 amide bonds. The second-order valence-corrected chi connectivity index (χ2v) is 3.34. The van der Waals surface area contributed by atoms with Crippen molar-refractivity contribution in [3.63, 3.8) is 0 Å². The van der Waals surface area contributed by atoms with Gasteiger partial charge in [0.15, 0.2) is 0 Å². The summed E-state index contributed by atoms with van der Waals surface area (Å²) in [6.07, 6.45) is 1.31. The first-order valence-electron chi connectivity index (χ1n) is 3.85. The lowest BCUT2D eigenvalue weighted by Gasteiger charge is -2.05. The van der Waals surface area contributed by atoms with Gasteiger partial charge in [0, 0.05) is 16.6 Å². The van der Waals surface area contributed by atoms with Crippen molar-refractivity contribution in [2.24, 2.45) is 0 Å². The van der Waals surface area contributed by atoms with Crippen molar-refractivity contribution in [3.8, 4) is 0 Å². The maximum absolute atomic E-state index is 9.99. The molecule has 1 rings (SSSR count). The second-order valence-electron chi connectivity index (χ2n) is 2.52. The molecule has 0 radical (unpaired) electrons. The number of nitrogens with one attached hydrogen (secondary N) is 1. The summed E-state index contributed by atoms with van der Waals surface area (Å²) in [4.78, 5) is 9.99. The highest BCUT2D eigenvalue weighted by atomic mass is 35.5. The molecule has 0 saturated heterocycles. The fourth-order valence-electron chi connectivity index (χ4n) is 1.03. The van der Waals surface area contributed by atoms with E-state index in [1.165, 1.54) is 0 Å². The van der Waals surface area contributed by atoms with Crippen LogP contribution in [-0.4, -0.2) is 13.0 Å². The minimum atomic E-state index is 0.549. The number of benzene rings is 1. The van der Waals surface area contributed by atoms with Crippen LogP contribution >= 0.6 is 23.2 Å². The first kappa shape index (κ1) is 10.4. The molecule has 0 spiro atoms. The van der Waals surface area contributed by atoms with Gasteiger partial charge in [0.1, 0.15) is 0 Å². The molecule has 4 heteroatoms. The normalized spacial score (nSPS) is 9.69. The summed E-state index contributed by atoms with van der Waals surface area (Å²) in [6, 6.07) is 5.36. The molecule has 0 aliphatic heterocycles. The molecule has 0 atom stereocenters. The summed E-state index contributed by atoms with van der Waals surface area (Å²) >= 11 is 11.8. The van der Waals surface area contributed by atoms with Crippen LogP contribution in [0.3, 0.4) is 0 Å². The van der Waals surface area contributed by atoms with E-state index < -0.39 is 0 Å². The van der Waals surface area contributed by atoms with E-state index in [0.717, 1.165) is 5.56 Å². The molecule has 0 bridgehead atoms. The standard InChI is InChI=1S/C9H9Cl2NO/c10-8-2-1-3-9(11)7(8)4-5-12-6-13/h1-3,6H,4-5H2,(H,12,13). The highest BCUT2D eigenvalue weighted by Crippen LogP contribution is 2.24. The monoisotopic (exact) mass is 217 g/mol.